The first kappa shape index (κ1) is 13.0. The average Bonchev–Trinajstić information content (AvgIpc) is 3.42. The number of H-pyrrole nitrogens is 1. The Morgan fingerprint density at radius 3 is 2.87 bits per heavy atom. The van der Waals surface area contributed by atoms with Crippen LogP contribution in [0.3, 0.4) is 0 Å². The summed E-state index contributed by atoms with van der Waals surface area (Å²) < 4.78 is 2.07. The summed E-state index contributed by atoms with van der Waals surface area (Å²) in [5.41, 5.74) is 4.90. The lowest BCUT2D eigenvalue weighted by atomic mass is 10.2. The number of hydrogen-bond acceptors (Lipinski definition) is 5. The van der Waals surface area contributed by atoms with E-state index in [1.54, 1.807) is 6.33 Å². The second kappa shape index (κ2) is 4.31. The molecule has 5 rings (SSSR count). The third-order valence-electron chi connectivity index (χ3n) is 4.95. The fourth-order valence-corrected chi connectivity index (χ4v) is 2.95. The van der Waals surface area contributed by atoms with Crippen LogP contribution in [0.2, 0.25) is 0 Å². The summed E-state index contributed by atoms with van der Waals surface area (Å²) in [7, 11) is 0. The van der Waals surface area contributed by atoms with Gasteiger partial charge in [-0.15, -0.1) is 0 Å². The molecule has 0 aliphatic heterocycles. The fraction of sp³-hybridized carbons (Fsp3) is 0.500. The highest BCUT2D eigenvalue weighted by molar-refractivity contribution is 5.76. The maximum Gasteiger partial charge on any atom is 0.229 e. The summed E-state index contributed by atoms with van der Waals surface area (Å²) in [4.78, 5) is 16.7. The van der Waals surface area contributed by atoms with Gasteiger partial charge in [0.25, 0.3) is 0 Å². The minimum atomic E-state index is 0.191. The van der Waals surface area contributed by atoms with E-state index in [0.29, 0.717) is 11.9 Å². The van der Waals surface area contributed by atoms with E-state index in [2.05, 4.69) is 43.2 Å². The molecule has 0 unspecified atom stereocenters. The Labute approximate surface area is 133 Å². The van der Waals surface area contributed by atoms with Crippen LogP contribution in [-0.2, 0) is 5.54 Å². The van der Waals surface area contributed by atoms with Gasteiger partial charge in [0.05, 0.1) is 28.9 Å². The van der Waals surface area contributed by atoms with Crippen molar-refractivity contribution in [1.82, 2.24) is 29.7 Å². The Kier molecular flexibility index (Phi) is 2.44. The molecule has 2 fully saturated rings. The molecule has 2 aliphatic rings. The van der Waals surface area contributed by atoms with Crippen molar-refractivity contribution < 1.29 is 0 Å². The van der Waals surface area contributed by atoms with Gasteiger partial charge >= 0.3 is 0 Å². The lowest BCUT2D eigenvalue weighted by Crippen LogP contribution is -2.12. The monoisotopic (exact) mass is 309 g/mol. The Balaban J connectivity index is 1.52. The number of aromatic amines is 1. The summed E-state index contributed by atoms with van der Waals surface area (Å²) in [6.45, 7) is 4.25. The molecular weight excluding hydrogens is 290 g/mol. The quantitative estimate of drug-likeness (QED) is 0.774. The maximum absolute atomic E-state index is 4.73. The number of aryl methyl sites for hydroxylation is 1. The standard InChI is InChI=1S/C16H19N7/c1-9-11(7-23(22-9)16(2)5-6-16)19-15-20-12(10-3-4-10)13-14(21-15)18-8-17-13/h7-8,10H,3-6H2,1-2H3,(H2,17,18,19,20,21). The minimum absolute atomic E-state index is 0.191. The van der Waals surface area contributed by atoms with E-state index in [4.69, 9.17) is 4.98 Å². The van der Waals surface area contributed by atoms with Crippen LogP contribution in [0.1, 0.15) is 49.9 Å². The minimum Gasteiger partial charge on any atom is -0.342 e. The highest BCUT2D eigenvalue weighted by Gasteiger charge is 2.40. The van der Waals surface area contributed by atoms with Crippen LogP contribution in [0, 0.1) is 6.92 Å². The number of fused-ring (bicyclic) bond motifs is 1. The van der Waals surface area contributed by atoms with Crippen molar-refractivity contribution in [2.24, 2.45) is 0 Å². The van der Waals surface area contributed by atoms with Crippen LogP contribution in [0.4, 0.5) is 11.6 Å². The molecule has 0 atom stereocenters. The van der Waals surface area contributed by atoms with Crippen molar-refractivity contribution in [2.75, 3.05) is 5.32 Å². The molecule has 118 valence electrons. The summed E-state index contributed by atoms with van der Waals surface area (Å²) in [6.07, 6.45) is 8.52. The van der Waals surface area contributed by atoms with Crippen LogP contribution in [0.5, 0.6) is 0 Å². The van der Waals surface area contributed by atoms with Gasteiger partial charge < -0.3 is 10.3 Å². The summed E-state index contributed by atoms with van der Waals surface area (Å²) in [6, 6.07) is 0. The van der Waals surface area contributed by atoms with Crippen molar-refractivity contribution in [1.29, 1.82) is 0 Å². The van der Waals surface area contributed by atoms with Gasteiger partial charge in [0.2, 0.25) is 5.95 Å². The molecule has 2 N–H and O–H groups in total. The van der Waals surface area contributed by atoms with Gasteiger partial charge in [0.15, 0.2) is 5.65 Å². The van der Waals surface area contributed by atoms with Crippen molar-refractivity contribution in [2.45, 2.75) is 51.0 Å². The van der Waals surface area contributed by atoms with Gasteiger partial charge in [-0.05, 0) is 39.5 Å². The van der Waals surface area contributed by atoms with E-state index in [0.717, 1.165) is 28.2 Å². The third kappa shape index (κ3) is 2.10. The zero-order valence-electron chi connectivity index (χ0n) is 13.3. The molecule has 0 spiro atoms. The van der Waals surface area contributed by atoms with Crippen molar-refractivity contribution in [3.05, 3.63) is 23.9 Å². The van der Waals surface area contributed by atoms with Gasteiger partial charge in [0.1, 0.15) is 5.52 Å². The fourth-order valence-electron chi connectivity index (χ4n) is 2.95. The van der Waals surface area contributed by atoms with E-state index in [-0.39, 0.29) is 5.54 Å². The van der Waals surface area contributed by atoms with Crippen molar-refractivity contribution in [3.63, 3.8) is 0 Å². The number of anilines is 2. The molecule has 0 bridgehead atoms. The van der Waals surface area contributed by atoms with Crippen LogP contribution >= 0.6 is 0 Å². The first-order valence-electron chi connectivity index (χ1n) is 8.17. The van der Waals surface area contributed by atoms with Crippen LogP contribution < -0.4 is 5.32 Å². The third-order valence-corrected chi connectivity index (χ3v) is 4.95. The van der Waals surface area contributed by atoms with Gasteiger partial charge in [-0.3, -0.25) is 4.68 Å². The lowest BCUT2D eigenvalue weighted by molar-refractivity contribution is 0.470. The first-order chi connectivity index (χ1) is 11.1. The van der Waals surface area contributed by atoms with E-state index in [1.807, 2.05) is 6.92 Å². The number of rotatable bonds is 4. The van der Waals surface area contributed by atoms with Gasteiger partial charge in [-0.2, -0.15) is 10.1 Å². The second-order valence-corrected chi connectivity index (χ2v) is 7.00. The summed E-state index contributed by atoms with van der Waals surface area (Å²) >= 11 is 0. The van der Waals surface area contributed by atoms with Gasteiger partial charge in [-0.1, -0.05) is 0 Å². The normalized spacial score (nSPS) is 19.2. The first-order valence-corrected chi connectivity index (χ1v) is 8.17. The van der Waals surface area contributed by atoms with E-state index >= 15 is 0 Å². The van der Waals surface area contributed by atoms with E-state index in [9.17, 15) is 0 Å². The smallest absolute Gasteiger partial charge is 0.229 e. The molecule has 3 aromatic heterocycles. The SMILES string of the molecule is Cc1nn(C2(C)CC2)cc1Nc1nc(C2CC2)c2[nH]cnc2n1. The largest absolute Gasteiger partial charge is 0.342 e. The van der Waals surface area contributed by atoms with Crippen molar-refractivity contribution >= 4 is 22.8 Å². The molecule has 2 aliphatic carbocycles. The zero-order chi connectivity index (χ0) is 15.6. The van der Waals surface area contributed by atoms with E-state index in [1.165, 1.54) is 25.7 Å². The average molecular weight is 309 g/mol. The topological polar surface area (TPSA) is 84.3 Å². The number of imidazole rings is 1. The van der Waals surface area contributed by atoms with Gasteiger partial charge in [-0.25, -0.2) is 9.97 Å². The Bertz CT molecular complexity index is 898. The van der Waals surface area contributed by atoms with Crippen LogP contribution in [0.25, 0.3) is 11.2 Å². The highest BCUT2D eigenvalue weighted by atomic mass is 15.3. The molecule has 0 amide bonds. The summed E-state index contributed by atoms with van der Waals surface area (Å²) in [5, 5.41) is 7.98. The van der Waals surface area contributed by atoms with Crippen molar-refractivity contribution in [3.8, 4) is 0 Å². The van der Waals surface area contributed by atoms with E-state index < -0.39 is 0 Å². The number of nitrogens with one attached hydrogen (secondary N) is 2. The molecule has 7 heteroatoms. The molecule has 7 nitrogen and oxygen atoms in total. The summed E-state index contributed by atoms with van der Waals surface area (Å²) in [5.74, 6) is 1.14. The van der Waals surface area contributed by atoms with Crippen LogP contribution in [-0.4, -0.2) is 29.7 Å². The molecule has 3 aromatic rings. The Hall–Kier alpha value is -2.44. The molecule has 0 aromatic carbocycles. The lowest BCUT2D eigenvalue weighted by Gasteiger charge is -2.08. The second-order valence-electron chi connectivity index (χ2n) is 7.00. The van der Waals surface area contributed by atoms with Crippen LogP contribution in [0.15, 0.2) is 12.5 Å². The molecule has 23 heavy (non-hydrogen) atoms. The molecule has 3 heterocycles. The zero-order valence-corrected chi connectivity index (χ0v) is 13.3. The predicted octanol–water partition coefficient (Wildman–Crippen LogP) is 2.99. The molecule has 0 radical (unpaired) electrons. The number of aromatic nitrogens is 6. The Morgan fingerprint density at radius 1 is 1.30 bits per heavy atom. The molecule has 2 saturated carbocycles. The Morgan fingerprint density at radius 2 is 2.13 bits per heavy atom. The highest BCUT2D eigenvalue weighted by Crippen LogP contribution is 2.43. The molecular formula is C16H19N7. The molecule has 0 saturated heterocycles. The number of nitrogens with zero attached hydrogens (tertiary/aromatic N) is 5. The maximum atomic E-state index is 4.73. The number of hydrogen-bond donors (Lipinski definition) is 2. The van der Waals surface area contributed by atoms with Gasteiger partial charge in [0, 0.05) is 12.1 Å². The predicted molar refractivity (Wildman–Crippen MR) is 86.8 cm³/mol.